The average Bonchev–Trinajstić information content (AvgIpc) is 1.61. The molecule has 0 radical (unpaired) electrons. The molecule has 1 aromatic heterocycles. The average molecular weight is 1400 g/mol. The summed E-state index contributed by atoms with van der Waals surface area (Å²) in [6, 6.07) is 36.6. The summed E-state index contributed by atoms with van der Waals surface area (Å²) in [6.45, 7) is 10.7. The van der Waals surface area contributed by atoms with Crippen molar-refractivity contribution in [1.29, 1.82) is 0 Å². The van der Waals surface area contributed by atoms with Crippen LogP contribution in [0.1, 0.15) is 131 Å². The molecule has 6 aromatic rings. The second-order valence-electron chi connectivity index (χ2n) is 26.5. The smallest absolute Gasteiger partial charge is 0.416 e. The van der Waals surface area contributed by atoms with E-state index < -0.39 is 46.4 Å². The number of ether oxygens (including phenoxy) is 3. The van der Waals surface area contributed by atoms with Crippen molar-refractivity contribution < 1.29 is 68.9 Å². The molecule has 0 unspecified atom stereocenters. The first-order valence-corrected chi connectivity index (χ1v) is 35.1. The molecule has 1 aliphatic carbocycles. The zero-order chi connectivity index (χ0) is 71.1. The van der Waals surface area contributed by atoms with E-state index in [1.807, 2.05) is 93.5 Å². The highest BCUT2D eigenvalue weighted by Crippen LogP contribution is 2.49. The van der Waals surface area contributed by atoms with Gasteiger partial charge in [-0.2, -0.15) is 26.3 Å². The molecule has 0 N–H and O–H groups in total. The molecule has 4 aliphatic rings. The fourth-order valence-electron chi connectivity index (χ4n) is 13.7. The van der Waals surface area contributed by atoms with Crippen molar-refractivity contribution in [3.05, 3.63) is 183 Å². The van der Waals surface area contributed by atoms with Gasteiger partial charge in [0.2, 0.25) is 11.8 Å². The van der Waals surface area contributed by atoms with Crippen molar-refractivity contribution in [1.82, 2.24) is 29.4 Å². The van der Waals surface area contributed by atoms with Crippen molar-refractivity contribution in [3.63, 3.8) is 0 Å². The Morgan fingerprint density at radius 1 is 0.677 bits per heavy atom. The molecule has 4 heterocycles. The lowest BCUT2D eigenvalue weighted by Gasteiger charge is -2.44. The van der Waals surface area contributed by atoms with Crippen LogP contribution in [-0.4, -0.2) is 185 Å². The molecule has 5 aromatic carbocycles. The minimum Gasteiger partial charge on any atom is -0.462 e. The van der Waals surface area contributed by atoms with Crippen molar-refractivity contribution in [2.75, 3.05) is 118 Å². The SMILES string of the molecule is CCCN(C)C(=O)CO[C@H]1Cc2ccccc2C12CCN(CC[C@@]1(c3ccc(F)cc3)CN(C(=O)c3cc(C(F)(F)F)cc(C(F)(F)F)c3)CO1)CC2.CCN(C)C(=O)c1ccc(N(C)CCCCCC(=O)N(C)CCN2CCC(OC(=O)Cc3ccccc3-c3ccccc3)CC2)s1. The predicted molar refractivity (Wildman–Crippen MR) is 369 cm³/mol. The number of hydrogen-bond acceptors (Lipinski definition) is 12. The van der Waals surface area contributed by atoms with Gasteiger partial charge in [0.15, 0.2) is 0 Å². The number of carbonyl (C=O) groups is 5. The molecule has 534 valence electrons. The van der Waals surface area contributed by atoms with Crippen LogP contribution in [0.15, 0.2) is 133 Å². The number of fused-ring (bicyclic) bond motifs is 2. The van der Waals surface area contributed by atoms with Gasteiger partial charge in [0.1, 0.15) is 30.9 Å². The lowest BCUT2D eigenvalue weighted by Crippen LogP contribution is -2.50. The maximum atomic E-state index is 14.0. The number of alkyl halides is 6. The highest BCUT2D eigenvalue weighted by atomic mass is 32.1. The van der Waals surface area contributed by atoms with Gasteiger partial charge in [-0.25, -0.2) is 4.39 Å². The maximum Gasteiger partial charge on any atom is 0.416 e. The Kier molecular flexibility index (Phi) is 26.0. The molecule has 0 bridgehead atoms. The summed E-state index contributed by atoms with van der Waals surface area (Å²) in [6.07, 6.45) is -1.79. The molecule has 23 heteroatoms. The van der Waals surface area contributed by atoms with Gasteiger partial charge in [0.05, 0.1) is 40.1 Å². The fourth-order valence-corrected chi connectivity index (χ4v) is 14.7. The number of piperidine rings is 2. The van der Waals surface area contributed by atoms with Crippen LogP contribution in [0.25, 0.3) is 11.1 Å². The van der Waals surface area contributed by atoms with Gasteiger partial charge in [-0.1, -0.05) is 104 Å². The number of hydrogen-bond donors (Lipinski definition) is 0. The number of likely N-dealkylation sites (N-methyl/N-ethyl adjacent to an activating group) is 2. The summed E-state index contributed by atoms with van der Waals surface area (Å²) >= 11 is 1.53. The third-order valence-corrected chi connectivity index (χ3v) is 21.0. The number of likely N-dealkylation sites (tertiary alicyclic amines) is 2. The Bertz CT molecular complexity index is 3640. The number of nitrogens with zero attached hydrogens (tertiary/aromatic N) is 7. The van der Waals surface area contributed by atoms with Crippen molar-refractivity contribution in [2.45, 2.75) is 126 Å². The zero-order valence-corrected chi connectivity index (χ0v) is 58.3. The second kappa shape index (κ2) is 34.1. The van der Waals surface area contributed by atoms with Crippen LogP contribution >= 0.6 is 11.3 Å². The molecule has 4 amide bonds. The third-order valence-electron chi connectivity index (χ3n) is 19.8. The Labute approximate surface area is 580 Å². The Morgan fingerprint density at radius 3 is 2.00 bits per heavy atom. The molecule has 1 spiro atoms. The maximum absolute atomic E-state index is 14.0. The van der Waals surface area contributed by atoms with Crippen LogP contribution in [0.3, 0.4) is 0 Å². The Hall–Kier alpha value is -7.70. The van der Waals surface area contributed by atoms with Gasteiger partial charge in [0.25, 0.3) is 11.8 Å². The summed E-state index contributed by atoms with van der Waals surface area (Å²) in [5.41, 5.74) is 0.664. The molecule has 0 saturated carbocycles. The highest BCUT2D eigenvalue weighted by molar-refractivity contribution is 7.18. The summed E-state index contributed by atoms with van der Waals surface area (Å²) in [7, 11) is 7.54. The number of unbranched alkanes of at least 4 members (excludes halogenated alkanes) is 2. The summed E-state index contributed by atoms with van der Waals surface area (Å²) in [5.74, 6) is -1.54. The third kappa shape index (κ3) is 19.6. The Balaban J connectivity index is 0.000000234. The summed E-state index contributed by atoms with van der Waals surface area (Å²) in [5, 5.41) is 1.09. The normalized spacial score (nSPS) is 17.9. The molecule has 10 rings (SSSR count). The van der Waals surface area contributed by atoms with E-state index in [1.165, 1.54) is 46.7 Å². The van der Waals surface area contributed by atoms with Gasteiger partial charge >= 0.3 is 18.3 Å². The second-order valence-corrected chi connectivity index (χ2v) is 27.6. The lowest BCUT2D eigenvalue weighted by atomic mass is 9.72. The van der Waals surface area contributed by atoms with Crippen molar-refractivity contribution in [2.24, 2.45) is 0 Å². The lowest BCUT2D eigenvalue weighted by molar-refractivity contribution is -0.150. The number of rotatable bonds is 26. The molecule has 3 saturated heterocycles. The number of thiophene rings is 1. The first kappa shape index (κ1) is 75.5. The van der Waals surface area contributed by atoms with Gasteiger partial charge in [0, 0.05) is 97.9 Å². The number of anilines is 1. The summed E-state index contributed by atoms with van der Waals surface area (Å²) < 4.78 is 114. The van der Waals surface area contributed by atoms with E-state index in [-0.39, 0.29) is 73.7 Å². The number of halogens is 7. The van der Waals surface area contributed by atoms with E-state index in [0.717, 1.165) is 109 Å². The molecular formula is C76H92F7N7O8S. The number of esters is 1. The van der Waals surface area contributed by atoms with Crippen molar-refractivity contribution in [3.8, 4) is 11.1 Å². The van der Waals surface area contributed by atoms with E-state index in [9.17, 15) is 54.7 Å². The van der Waals surface area contributed by atoms with Crippen LogP contribution in [-0.2, 0) is 64.8 Å². The highest BCUT2D eigenvalue weighted by Gasteiger charge is 2.50. The molecule has 3 aliphatic heterocycles. The molecule has 99 heavy (non-hydrogen) atoms. The van der Waals surface area contributed by atoms with E-state index in [1.54, 1.807) is 16.8 Å². The van der Waals surface area contributed by atoms with Crippen LogP contribution in [0.2, 0.25) is 0 Å². The van der Waals surface area contributed by atoms with Gasteiger partial charge in [-0.3, -0.25) is 24.0 Å². The summed E-state index contributed by atoms with van der Waals surface area (Å²) in [4.78, 5) is 78.1. The number of amides is 4. The zero-order valence-electron chi connectivity index (χ0n) is 57.5. The van der Waals surface area contributed by atoms with Crippen molar-refractivity contribution >= 4 is 45.9 Å². The van der Waals surface area contributed by atoms with Gasteiger partial charge < -0.3 is 48.5 Å². The quantitative estimate of drug-likeness (QED) is 0.0292. The van der Waals surface area contributed by atoms with E-state index in [0.29, 0.717) is 76.2 Å². The topological polar surface area (TPSA) is 136 Å². The largest absolute Gasteiger partial charge is 0.462 e. The molecular weight excluding hydrogens is 1300 g/mol. The van der Waals surface area contributed by atoms with Crippen LogP contribution < -0.4 is 4.90 Å². The first-order valence-electron chi connectivity index (χ1n) is 34.3. The van der Waals surface area contributed by atoms with E-state index in [4.69, 9.17) is 14.2 Å². The monoisotopic (exact) mass is 1400 g/mol. The van der Waals surface area contributed by atoms with Crippen LogP contribution in [0.5, 0.6) is 0 Å². The Morgan fingerprint density at radius 2 is 1.32 bits per heavy atom. The minimum atomic E-state index is -5.11. The number of carbonyl (C=O) groups excluding carboxylic acids is 5. The fraction of sp³-hybridized carbons (Fsp3) is 0.487. The predicted octanol–water partition coefficient (Wildman–Crippen LogP) is 13.6. The van der Waals surface area contributed by atoms with Crippen LogP contribution in [0, 0.1) is 5.82 Å². The minimum absolute atomic E-state index is 0.00855. The molecule has 15 nitrogen and oxygen atoms in total. The van der Waals surface area contributed by atoms with Gasteiger partial charge in [-0.15, -0.1) is 11.3 Å². The number of benzene rings is 5. The van der Waals surface area contributed by atoms with E-state index >= 15 is 0 Å². The van der Waals surface area contributed by atoms with Gasteiger partial charge in [-0.05, 0) is 154 Å². The standard InChI is InChI=1S/C39H42F7N3O4.C37H50N4O4S/c1-3-15-47(2)34(50)23-52-33-21-26-6-4-5-7-32(26)36(33)12-16-48(17-13-36)18-14-37(28-8-10-31(40)11-9-28)24-49(25-53-37)35(51)27-19-29(38(41,42)43)22-30(20-27)39(44,45)46;1-5-38(2)37(44)33-19-20-35(46-33)40(4)23-13-7-10-18-34(42)39(3)26-27-41-24-21-31(22-25-41)45-36(43)28-30-16-11-12-17-32(30)29-14-8-6-9-15-29/h4-11,19-20,22,33H,3,12-18,21,23-25H2,1-2H3;6,8-9,11-12,14-17,19-20,31H,5,7,10,13,18,21-28H2,1-4H3/t33-,37-;/m0./s1. The first-order chi connectivity index (χ1) is 47.3. The molecule has 3 fully saturated rings. The van der Waals surface area contributed by atoms with E-state index in [2.05, 4.69) is 52.1 Å². The van der Waals surface area contributed by atoms with Crippen LogP contribution in [0.4, 0.5) is 35.7 Å². The molecule has 2 atom stereocenters.